The smallest absolute Gasteiger partial charge is 0.410 e. The normalized spacial score (nSPS) is 29.2. The zero-order chi connectivity index (χ0) is 13.3. The number of nitrogens with one attached hydrogen (secondary N) is 1. The van der Waals surface area contributed by atoms with Crippen molar-refractivity contribution in [2.45, 2.75) is 77.1 Å². The van der Waals surface area contributed by atoms with Gasteiger partial charge in [-0.1, -0.05) is 0 Å². The summed E-state index contributed by atoms with van der Waals surface area (Å²) in [6.07, 6.45) is 4.63. The van der Waals surface area contributed by atoms with Crippen molar-refractivity contribution in [1.29, 1.82) is 0 Å². The Labute approximate surface area is 110 Å². The van der Waals surface area contributed by atoms with E-state index in [0.29, 0.717) is 12.1 Å². The lowest BCUT2D eigenvalue weighted by molar-refractivity contribution is 0.00822. The maximum atomic E-state index is 12.1. The molecule has 2 aliphatic rings. The van der Waals surface area contributed by atoms with E-state index in [4.69, 9.17) is 4.74 Å². The third kappa shape index (κ3) is 3.87. The van der Waals surface area contributed by atoms with Gasteiger partial charge in [0.2, 0.25) is 0 Å². The molecule has 1 N–H and O–H groups in total. The zero-order valence-corrected chi connectivity index (χ0v) is 12.0. The molecule has 2 unspecified atom stereocenters. The van der Waals surface area contributed by atoms with Crippen molar-refractivity contribution in [3.05, 3.63) is 0 Å². The van der Waals surface area contributed by atoms with Crippen LogP contribution in [0.25, 0.3) is 0 Å². The molecule has 2 fully saturated rings. The Kier molecular flexibility index (Phi) is 3.85. The maximum absolute atomic E-state index is 12.1. The Morgan fingerprint density at radius 1 is 1.17 bits per heavy atom. The number of ether oxygens (including phenoxy) is 1. The summed E-state index contributed by atoms with van der Waals surface area (Å²) in [5, 5.41) is 3.61. The van der Waals surface area contributed by atoms with E-state index in [-0.39, 0.29) is 12.1 Å². The molecule has 0 bridgehead atoms. The molecule has 1 saturated carbocycles. The monoisotopic (exact) mass is 254 g/mol. The molecule has 1 heterocycles. The van der Waals surface area contributed by atoms with E-state index in [0.717, 1.165) is 19.4 Å². The van der Waals surface area contributed by atoms with E-state index in [2.05, 4.69) is 12.2 Å². The van der Waals surface area contributed by atoms with Gasteiger partial charge in [0.05, 0.1) is 0 Å². The van der Waals surface area contributed by atoms with Crippen molar-refractivity contribution in [3.63, 3.8) is 0 Å². The minimum atomic E-state index is -0.409. The van der Waals surface area contributed by atoms with Gasteiger partial charge in [-0.3, -0.25) is 0 Å². The topological polar surface area (TPSA) is 41.6 Å². The quantitative estimate of drug-likeness (QED) is 0.823. The fourth-order valence-corrected chi connectivity index (χ4v) is 2.40. The van der Waals surface area contributed by atoms with Crippen molar-refractivity contribution in [1.82, 2.24) is 10.2 Å². The summed E-state index contributed by atoms with van der Waals surface area (Å²) in [6.45, 7) is 8.64. The van der Waals surface area contributed by atoms with E-state index in [1.54, 1.807) is 0 Å². The number of carbonyl (C=O) groups is 1. The highest BCUT2D eigenvalue weighted by molar-refractivity contribution is 5.68. The van der Waals surface area contributed by atoms with E-state index >= 15 is 0 Å². The summed E-state index contributed by atoms with van der Waals surface area (Å²) in [4.78, 5) is 14.0. The van der Waals surface area contributed by atoms with Gasteiger partial charge in [0.25, 0.3) is 0 Å². The first-order valence-corrected chi connectivity index (χ1v) is 7.11. The minimum absolute atomic E-state index is 0.169. The van der Waals surface area contributed by atoms with Crippen LogP contribution in [0.3, 0.4) is 0 Å². The first kappa shape index (κ1) is 13.7. The molecule has 0 spiro atoms. The molecule has 2 rings (SSSR count). The highest BCUT2D eigenvalue weighted by Gasteiger charge is 2.34. The van der Waals surface area contributed by atoms with Crippen LogP contribution in [-0.4, -0.2) is 41.3 Å². The average molecular weight is 254 g/mol. The van der Waals surface area contributed by atoms with Crippen molar-refractivity contribution < 1.29 is 9.53 Å². The molecule has 0 aromatic heterocycles. The molecule has 4 nitrogen and oxygen atoms in total. The molecule has 1 saturated heterocycles. The summed E-state index contributed by atoms with van der Waals surface area (Å²) in [5.41, 5.74) is -0.409. The predicted molar refractivity (Wildman–Crippen MR) is 71.6 cm³/mol. The molecule has 2 atom stereocenters. The number of carbonyl (C=O) groups excluding carboxylic acids is 1. The van der Waals surface area contributed by atoms with Crippen LogP contribution in [0.15, 0.2) is 0 Å². The number of piperidine rings is 1. The number of hydrogen-bond donors (Lipinski definition) is 1. The number of rotatable bonds is 2. The van der Waals surface area contributed by atoms with Gasteiger partial charge in [0.15, 0.2) is 0 Å². The van der Waals surface area contributed by atoms with Crippen LogP contribution in [0.4, 0.5) is 4.79 Å². The Hall–Kier alpha value is -0.770. The van der Waals surface area contributed by atoms with Gasteiger partial charge in [0.1, 0.15) is 5.60 Å². The van der Waals surface area contributed by atoms with Gasteiger partial charge in [-0.25, -0.2) is 4.79 Å². The third-order valence-corrected chi connectivity index (χ3v) is 3.56. The van der Waals surface area contributed by atoms with Crippen molar-refractivity contribution in [3.8, 4) is 0 Å². The number of amides is 1. The molecule has 4 heteroatoms. The molecule has 0 aromatic carbocycles. The number of likely N-dealkylation sites (tertiary alicyclic amines) is 1. The molecule has 0 aromatic rings. The molecule has 0 radical (unpaired) electrons. The van der Waals surface area contributed by atoms with E-state index in [1.807, 2.05) is 25.7 Å². The summed E-state index contributed by atoms with van der Waals surface area (Å²) in [6, 6.07) is 1.43. The molecule has 1 aliphatic heterocycles. The van der Waals surface area contributed by atoms with Crippen LogP contribution < -0.4 is 5.32 Å². The highest BCUT2D eigenvalue weighted by atomic mass is 16.6. The Bertz CT molecular complexity index is 307. The molecule has 18 heavy (non-hydrogen) atoms. The second kappa shape index (κ2) is 5.08. The van der Waals surface area contributed by atoms with Gasteiger partial charge in [-0.15, -0.1) is 0 Å². The van der Waals surface area contributed by atoms with Crippen molar-refractivity contribution in [2.75, 3.05) is 6.54 Å². The largest absolute Gasteiger partial charge is 0.444 e. The molecule has 1 amide bonds. The summed E-state index contributed by atoms with van der Waals surface area (Å²) in [5.74, 6) is 0. The second-order valence-electron chi connectivity index (χ2n) is 6.70. The van der Waals surface area contributed by atoms with Gasteiger partial charge in [-0.05, 0) is 53.4 Å². The van der Waals surface area contributed by atoms with E-state index in [1.165, 1.54) is 12.8 Å². The van der Waals surface area contributed by atoms with E-state index in [9.17, 15) is 4.79 Å². The number of hydrogen-bond acceptors (Lipinski definition) is 3. The lowest BCUT2D eigenvalue weighted by atomic mass is 10.00. The van der Waals surface area contributed by atoms with Crippen molar-refractivity contribution >= 4 is 6.09 Å². The summed E-state index contributed by atoms with van der Waals surface area (Å²) in [7, 11) is 0. The molecule has 1 aliphatic carbocycles. The van der Waals surface area contributed by atoms with Crippen molar-refractivity contribution in [2.24, 2.45) is 0 Å². The molecular weight excluding hydrogens is 228 g/mol. The van der Waals surface area contributed by atoms with Gasteiger partial charge >= 0.3 is 6.09 Å². The Morgan fingerprint density at radius 3 is 2.33 bits per heavy atom. The Balaban J connectivity index is 1.89. The fraction of sp³-hybridized carbons (Fsp3) is 0.929. The summed E-state index contributed by atoms with van der Waals surface area (Å²) < 4.78 is 5.48. The standard InChI is InChI=1S/C14H26N2O2/c1-10-5-6-12(15-11-7-8-11)9-16(10)13(17)18-14(2,3)4/h10-12,15H,5-9H2,1-4H3. The van der Waals surface area contributed by atoms with E-state index < -0.39 is 5.60 Å². The van der Waals surface area contributed by atoms with Crippen LogP contribution in [-0.2, 0) is 4.74 Å². The van der Waals surface area contributed by atoms with Gasteiger partial charge < -0.3 is 15.0 Å². The lowest BCUT2D eigenvalue weighted by Gasteiger charge is -2.39. The number of nitrogens with zero attached hydrogens (tertiary/aromatic N) is 1. The third-order valence-electron chi connectivity index (χ3n) is 3.56. The van der Waals surface area contributed by atoms with Crippen LogP contribution in [0.5, 0.6) is 0 Å². The predicted octanol–water partition coefficient (Wildman–Crippen LogP) is 2.53. The lowest BCUT2D eigenvalue weighted by Crippen LogP contribution is -2.53. The van der Waals surface area contributed by atoms with Gasteiger partial charge in [0, 0.05) is 24.7 Å². The first-order chi connectivity index (χ1) is 8.35. The zero-order valence-electron chi connectivity index (χ0n) is 12.0. The fourth-order valence-electron chi connectivity index (χ4n) is 2.40. The average Bonchev–Trinajstić information content (AvgIpc) is 3.02. The van der Waals surface area contributed by atoms with Crippen LogP contribution in [0, 0.1) is 0 Å². The Morgan fingerprint density at radius 2 is 1.78 bits per heavy atom. The molecule has 104 valence electrons. The first-order valence-electron chi connectivity index (χ1n) is 7.11. The van der Waals surface area contributed by atoms with Crippen LogP contribution in [0.1, 0.15) is 53.4 Å². The highest BCUT2D eigenvalue weighted by Crippen LogP contribution is 2.24. The van der Waals surface area contributed by atoms with Crippen LogP contribution >= 0.6 is 0 Å². The molecular formula is C14H26N2O2. The minimum Gasteiger partial charge on any atom is -0.444 e. The second-order valence-corrected chi connectivity index (χ2v) is 6.70. The van der Waals surface area contributed by atoms with Crippen LogP contribution in [0.2, 0.25) is 0 Å². The summed E-state index contributed by atoms with van der Waals surface area (Å²) >= 11 is 0. The SMILES string of the molecule is CC1CCC(NC2CC2)CN1C(=O)OC(C)(C)C. The maximum Gasteiger partial charge on any atom is 0.410 e. The van der Waals surface area contributed by atoms with Gasteiger partial charge in [-0.2, -0.15) is 0 Å².